The SMILES string of the molecule is C=C(C)C(=O)OCCc1ccc(OC(=O)CC(O)C(=O)Oc2ccc(CCOC(=O)C(=C)C)cc2)cc1. The lowest BCUT2D eigenvalue weighted by Crippen LogP contribution is -2.29. The largest absolute Gasteiger partial charge is 0.462 e. The molecular formula is C28H30O9. The van der Waals surface area contributed by atoms with Crippen molar-refractivity contribution in [1.29, 1.82) is 0 Å². The van der Waals surface area contributed by atoms with Crippen molar-refractivity contribution >= 4 is 23.9 Å². The smallest absolute Gasteiger partial charge is 0.340 e. The zero-order valence-electron chi connectivity index (χ0n) is 20.9. The molecule has 0 amide bonds. The first-order valence-electron chi connectivity index (χ1n) is 11.5. The van der Waals surface area contributed by atoms with Gasteiger partial charge in [0.05, 0.1) is 19.6 Å². The van der Waals surface area contributed by atoms with Crippen LogP contribution >= 0.6 is 0 Å². The minimum atomic E-state index is -1.71. The summed E-state index contributed by atoms with van der Waals surface area (Å²) >= 11 is 0. The number of aliphatic hydroxyl groups is 1. The zero-order chi connectivity index (χ0) is 27.4. The third-order valence-corrected chi connectivity index (χ3v) is 4.87. The molecule has 0 saturated heterocycles. The Morgan fingerprint density at radius 1 is 0.730 bits per heavy atom. The first-order valence-corrected chi connectivity index (χ1v) is 11.5. The lowest BCUT2D eigenvalue weighted by atomic mass is 10.1. The molecule has 1 atom stereocenters. The van der Waals surface area contributed by atoms with Crippen molar-refractivity contribution in [2.75, 3.05) is 13.2 Å². The summed E-state index contributed by atoms with van der Waals surface area (Å²) in [7, 11) is 0. The van der Waals surface area contributed by atoms with Gasteiger partial charge in [0, 0.05) is 24.0 Å². The van der Waals surface area contributed by atoms with Crippen LogP contribution in [-0.4, -0.2) is 48.3 Å². The number of carbonyl (C=O) groups excluding carboxylic acids is 4. The Bertz CT molecular complexity index is 1130. The molecule has 1 unspecified atom stereocenters. The molecule has 0 aliphatic rings. The summed E-state index contributed by atoms with van der Waals surface area (Å²) in [6.45, 7) is 10.5. The zero-order valence-corrected chi connectivity index (χ0v) is 20.9. The highest BCUT2D eigenvalue weighted by Gasteiger charge is 2.22. The van der Waals surface area contributed by atoms with Crippen LogP contribution in [0.3, 0.4) is 0 Å². The molecule has 0 spiro atoms. The van der Waals surface area contributed by atoms with E-state index in [1.165, 1.54) is 12.1 Å². The summed E-state index contributed by atoms with van der Waals surface area (Å²) in [6, 6.07) is 12.9. The van der Waals surface area contributed by atoms with Crippen LogP contribution in [0.2, 0.25) is 0 Å². The van der Waals surface area contributed by atoms with E-state index in [1.807, 2.05) is 0 Å². The second-order valence-electron chi connectivity index (χ2n) is 8.24. The molecule has 0 heterocycles. The molecule has 1 N–H and O–H groups in total. The van der Waals surface area contributed by atoms with Crippen LogP contribution in [0.5, 0.6) is 11.5 Å². The van der Waals surface area contributed by atoms with Crippen molar-refractivity contribution in [3.8, 4) is 11.5 Å². The van der Waals surface area contributed by atoms with Gasteiger partial charge in [-0.15, -0.1) is 0 Å². The monoisotopic (exact) mass is 510 g/mol. The molecular weight excluding hydrogens is 480 g/mol. The molecule has 9 heteroatoms. The van der Waals surface area contributed by atoms with Crippen LogP contribution in [0.4, 0.5) is 0 Å². The fourth-order valence-electron chi connectivity index (χ4n) is 2.82. The van der Waals surface area contributed by atoms with E-state index in [0.29, 0.717) is 24.0 Å². The molecule has 0 bridgehead atoms. The van der Waals surface area contributed by atoms with Crippen molar-refractivity contribution in [1.82, 2.24) is 0 Å². The molecule has 0 aromatic heterocycles. The molecule has 37 heavy (non-hydrogen) atoms. The van der Waals surface area contributed by atoms with E-state index in [9.17, 15) is 24.3 Å². The fraction of sp³-hybridized carbons (Fsp3) is 0.286. The van der Waals surface area contributed by atoms with E-state index in [1.54, 1.807) is 50.2 Å². The van der Waals surface area contributed by atoms with Gasteiger partial charge in [0.25, 0.3) is 0 Å². The van der Waals surface area contributed by atoms with Crippen LogP contribution < -0.4 is 9.47 Å². The van der Waals surface area contributed by atoms with Gasteiger partial charge in [-0.1, -0.05) is 37.4 Å². The van der Waals surface area contributed by atoms with Gasteiger partial charge in [-0.3, -0.25) is 4.79 Å². The van der Waals surface area contributed by atoms with E-state index < -0.39 is 36.4 Å². The van der Waals surface area contributed by atoms with E-state index in [-0.39, 0.29) is 24.7 Å². The van der Waals surface area contributed by atoms with Crippen molar-refractivity contribution in [3.05, 3.63) is 84.0 Å². The van der Waals surface area contributed by atoms with Crippen molar-refractivity contribution < 1.29 is 43.2 Å². The predicted octanol–water partition coefficient (Wildman–Crippen LogP) is 3.27. The molecule has 0 saturated carbocycles. The molecule has 0 aliphatic heterocycles. The van der Waals surface area contributed by atoms with Crippen LogP contribution in [0, 0.1) is 0 Å². The van der Waals surface area contributed by atoms with Crippen LogP contribution in [0.15, 0.2) is 72.8 Å². The number of carbonyl (C=O) groups is 4. The lowest BCUT2D eigenvalue weighted by Gasteiger charge is -2.11. The molecule has 0 radical (unpaired) electrons. The highest BCUT2D eigenvalue weighted by atomic mass is 16.6. The second-order valence-corrected chi connectivity index (χ2v) is 8.24. The molecule has 9 nitrogen and oxygen atoms in total. The lowest BCUT2D eigenvalue weighted by molar-refractivity contribution is -0.149. The van der Waals surface area contributed by atoms with Gasteiger partial charge in [-0.2, -0.15) is 0 Å². The summed E-state index contributed by atoms with van der Waals surface area (Å²) in [5, 5.41) is 10.0. The van der Waals surface area contributed by atoms with Gasteiger partial charge in [0.2, 0.25) is 0 Å². The quantitative estimate of drug-likeness (QED) is 0.245. The highest BCUT2D eigenvalue weighted by molar-refractivity contribution is 5.87. The predicted molar refractivity (Wildman–Crippen MR) is 134 cm³/mol. The summed E-state index contributed by atoms with van der Waals surface area (Å²) in [5.41, 5.74) is 2.34. The van der Waals surface area contributed by atoms with Gasteiger partial charge in [0.1, 0.15) is 11.5 Å². The Morgan fingerprint density at radius 2 is 1.14 bits per heavy atom. The average molecular weight is 511 g/mol. The topological polar surface area (TPSA) is 125 Å². The van der Waals surface area contributed by atoms with Crippen molar-refractivity contribution in [3.63, 3.8) is 0 Å². The van der Waals surface area contributed by atoms with Crippen LogP contribution in [0.25, 0.3) is 0 Å². The Balaban J connectivity index is 1.75. The van der Waals surface area contributed by atoms with E-state index >= 15 is 0 Å². The first-order chi connectivity index (χ1) is 17.5. The third-order valence-electron chi connectivity index (χ3n) is 4.87. The number of hydrogen-bond donors (Lipinski definition) is 1. The number of hydrogen-bond acceptors (Lipinski definition) is 9. The standard InChI is InChI=1S/C28H30O9/c1-18(2)26(31)34-15-13-20-5-9-22(10-6-20)36-25(30)17-24(29)28(33)37-23-11-7-21(8-12-23)14-16-35-27(32)19(3)4/h5-12,24,29H,1,3,13-17H2,2,4H3. The van der Waals surface area contributed by atoms with Gasteiger partial charge in [-0.25, -0.2) is 14.4 Å². The number of aliphatic hydroxyl groups excluding tert-OH is 1. The normalized spacial score (nSPS) is 11.1. The van der Waals surface area contributed by atoms with E-state index in [0.717, 1.165) is 11.1 Å². The summed E-state index contributed by atoms with van der Waals surface area (Å²) < 4.78 is 20.3. The van der Waals surface area contributed by atoms with Gasteiger partial charge in [-0.05, 0) is 49.2 Å². The Morgan fingerprint density at radius 3 is 1.54 bits per heavy atom. The number of rotatable bonds is 13. The molecule has 2 rings (SSSR count). The average Bonchev–Trinajstić information content (AvgIpc) is 2.85. The molecule has 2 aromatic rings. The number of ether oxygens (including phenoxy) is 4. The fourth-order valence-corrected chi connectivity index (χ4v) is 2.82. The van der Waals surface area contributed by atoms with Crippen molar-refractivity contribution in [2.24, 2.45) is 0 Å². The third kappa shape index (κ3) is 10.5. The molecule has 0 fully saturated rings. The number of benzene rings is 2. The Hall–Kier alpha value is -4.24. The summed E-state index contributed by atoms with van der Waals surface area (Å²) in [4.78, 5) is 47.0. The Kier molecular flexibility index (Phi) is 11.2. The first kappa shape index (κ1) is 29.0. The molecule has 196 valence electrons. The van der Waals surface area contributed by atoms with E-state index in [2.05, 4.69) is 13.2 Å². The van der Waals surface area contributed by atoms with E-state index in [4.69, 9.17) is 18.9 Å². The minimum Gasteiger partial charge on any atom is -0.462 e. The maximum Gasteiger partial charge on any atom is 0.340 e. The van der Waals surface area contributed by atoms with Gasteiger partial charge in [0.15, 0.2) is 6.10 Å². The maximum atomic E-state index is 12.1. The molecule has 2 aromatic carbocycles. The van der Waals surface area contributed by atoms with Gasteiger partial charge < -0.3 is 24.1 Å². The minimum absolute atomic E-state index is 0.180. The van der Waals surface area contributed by atoms with Crippen molar-refractivity contribution in [2.45, 2.75) is 39.2 Å². The summed E-state index contributed by atoms with van der Waals surface area (Å²) in [6.07, 6.45) is -1.37. The Labute approximate surface area is 215 Å². The van der Waals surface area contributed by atoms with Crippen LogP contribution in [0.1, 0.15) is 31.4 Å². The summed E-state index contributed by atoms with van der Waals surface area (Å²) in [5.74, 6) is -2.32. The van der Waals surface area contributed by atoms with Crippen LogP contribution in [-0.2, 0) is 41.5 Å². The maximum absolute atomic E-state index is 12.1. The number of esters is 4. The second kappa shape index (κ2) is 14.4. The highest BCUT2D eigenvalue weighted by Crippen LogP contribution is 2.16. The van der Waals surface area contributed by atoms with Gasteiger partial charge >= 0.3 is 23.9 Å². The molecule has 0 aliphatic carbocycles.